The van der Waals surface area contributed by atoms with E-state index >= 15 is 0 Å². The number of unbranched alkanes of at least 4 members (excludes halogenated alkanes) is 9. The molecule has 2 unspecified atom stereocenters. The molecule has 6 heteroatoms. The molecule has 0 heterocycles. The summed E-state index contributed by atoms with van der Waals surface area (Å²) in [5.74, 6) is 0. The monoisotopic (exact) mass is 358 g/mol. The smallest absolute Gasteiger partial charge is 0.748 e. The summed E-state index contributed by atoms with van der Waals surface area (Å²) in [4.78, 5) is 0. The Morgan fingerprint density at radius 1 is 0.783 bits per heavy atom. The Labute approximate surface area is 165 Å². The van der Waals surface area contributed by atoms with E-state index in [1.54, 1.807) is 0 Å². The number of aliphatic hydroxyl groups is 1. The summed E-state index contributed by atoms with van der Waals surface area (Å²) in [7, 11) is -4.39. The molecule has 0 saturated carbocycles. The molecule has 0 aromatic rings. The van der Waals surface area contributed by atoms with Gasteiger partial charge >= 0.3 is 29.6 Å². The van der Waals surface area contributed by atoms with Gasteiger partial charge in [0.05, 0.1) is 11.4 Å². The van der Waals surface area contributed by atoms with E-state index in [-0.39, 0.29) is 36.0 Å². The summed E-state index contributed by atoms with van der Waals surface area (Å²) in [6.07, 6.45) is 12.2. The maximum atomic E-state index is 11.1. The second kappa shape index (κ2) is 16.3. The van der Waals surface area contributed by atoms with Gasteiger partial charge in [0.15, 0.2) is 0 Å². The van der Waals surface area contributed by atoms with Crippen LogP contribution in [0.15, 0.2) is 0 Å². The van der Waals surface area contributed by atoms with E-state index in [0.29, 0.717) is 12.8 Å². The summed E-state index contributed by atoms with van der Waals surface area (Å²) in [6.45, 7) is 4.04. The Hall–Kier alpha value is 0.870. The van der Waals surface area contributed by atoms with Crippen LogP contribution in [0.25, 0.3) is 0 Å². The van der Waals surface area contributed by atoms with E-state index in [2.05, 4.69) is 6.92 Å². The van der Waals surface area contributed by atoms with Crippen molar-refractivity contribution in [2.75, 3.05) is 0 Å². The van der Waals surface area contributed by atoms with Crippen molar-refractivity contribution >= 4 is 10.1 Å². The van der Waals surface area contributed by atoms with Gasteiger partial charge < -0.3 is 9.66 Å². The zero-order valence-electron chi connectivity index (χ0n) is 15.4. The molecule has 0 spiro atoms. The minimum Gasteiger partial charge on any atom is -0.748 e. The average molecular weight is 359 g/mol. The molecule has 0 amide bonds. The van der Waals surface area contributed by atoms with Crippen molar-refractivity contribution in [1.82, 2.24) is 0 Å². The van der Waals surface area contributed by atoms with Gasteiger partial charge in [0.2, 0.25) is 0 Å². The van der Waals surface area contributed by atoms with E-state index in [1.807, 2.05) is 6.92 Å². The van der Waals surface area contributed by atoms with Crippen LogP contribution in [-0.4, -0.2) is 29.4 Å². The summed E-state index contributed by atoms with van der Waals surface area (Å²) >= 11 is 0. The molecule has 0 aromatic heterocycles. The van der Waals surface area contributed by atoms with Crippen molar-refractivity contribution in [3.8, 4) is 0 Å². The van der Waals surface area contributed by atoms with Crippen molar-refractivity contribution in [3.63, 3.8) is 0 Å². The first-order valence-electron chi connectivity index (χ1n) is 9.06. The molecule has 0 aliphatic carbocycles. The Kier molecular flexibility index (Phi) is 18.5. The average Bonchev–Trinajstić information content (AvgIpc) is 2.45. The number of hydrogen-bond donors (Lipinski definition) is 1. The Balaban J connectivity index is 0. The fourth-order valence-corrected chi connectivity index (χ4v) is 3.89. The first-order chi connectivity index (χ1) is 10.4. The van der Waals surface area contributed by atoms with Crippen LogP contribution in [0, 0.1) is 0 Å². The van der Waals surface area contributed by atoms with E-state index in [9.17, 15) is 18.1 Å². The van der Waals surface area contributed by atoms with Crippen molar-refractivity contribution in [3.05, 3.63) is 0 Å². The Morgan fingerprint density at radius 2 is 1.22 bits per heavy atom. The second-order valence-electron chi connectivity index (χ2n) is 6.36. The topological polar surface area (TPSA) is 77.4 Å². The molecule has 134 valence electrons. The van der Waals surface area contributed by atoms with Gasteiger partial charge in [0, 0.05) is 0 Å². The predicted molar refractivity (Wildman–Crippen MR) is 90.9 cm³/mol. The number of hydrogen-bond acceptors (Lipinski definition) is 4. The largest absolute Gasteiger partial charge is 1.00 e. The second-order valence-corrected chi connectivity index (χ2v) is 7.95. The molecular formula is C17H35NaO4S. The van der Waals surface area contributed by atoms with Crippen LogP contribution in [0.2, 0.25) is 0 Å². The molecule has 0 rings (SSSR count). The minimum atomic E-state index is -4.39. The SMILES string of the molecule is CCCCCCCCCCCCC(O)C(CCC)S(=O)(=O)[O-].[Na+]. The molecule has 0 fully saturated rings. The molecular weight excluding hydrogens is 323 g/mol. The van der Waals surface area contributed by atoms with Gasteiger partial charge in [-0.2, -0.15) is 0 Å². The Morgan fingerprint density at radius 3 is 1.61 bits per heavy atom. The van der Waals surface area contributed by atoms with Crippen LogP contribution in [0.5, 0.6) is 0 Å². The predicted octanol–water partition coefficient (Wildman–Crippen LogP) is 1.38. The van der Waals surface area contributed by atoms with Gasteiger partial charge in [-0.05, 0) is 12.8 Å². The van der Waals surface area contributed by atoms with Gasteiger partial charge in [-0.15, -0.1) is 0 Å². The molecule has 0 aromatic carbocycles. The van der Waals surface area contributed by atoms with E-state index in [0.717, 1.165) is 19.3 Å². The van der Waals surface area contributed by atoms with Crippen LogP contribution < -0.4 is 29.6 Å². The molecule has 23 heavy (non-hydrogen) atoms. The molecule has 0 saturated heterocycles. The van der Waals surface area contributed by atoms with E-state index in [4.69, 9.17) is 0 Å². The fraction of sp³-hybridized carbons (Fsp3) is 1.00. The summed E-state index contributed by atoms with van der Waals surface area (Å²) in [6, 6.07) is 0. The molecule has 0 aliphatic heterocycles. The van der Waals surface area contributed by atoms with Gasteiger partial charge in [0.1, 0.15) is 10.1 Å². The first-order valence-corrected chi connectivity index (χ1v) is 10.5. The summed E-state index contributed by atoms with van der Waals surface area (Å²) in [5.41, 5.74) is 0. The minimum absolute atomic E-state index is 0. The number of rotatable bonds is 15. The Bertz CT molecular complexity index is 347. The normalized spacial score (nSPS) is 14.3. The maximum Gasteiger partial charge on any atom is 1.00 e. The fourth-order valence-electron chi connectivity index (χ4n) is 2.84. The third kappa shape index (κ3) is 14.9. The number of aliphatic hydroxyl groups excluding tert-OH is 1. The molecule has 0 radical (unpaired) electrons. The van der Waals surface area contributed by atoms with Crippen molar-refractivity contribution in [2.45, 2.75) is 109 Å². The van der Waals surface area contributed by atoms with Gasteiger partial charge in [0.25, 0.3) is 0 Å². The first kappa shape index (κ1) is 26.1. The summed E-state index contributed by atoms with van der Waals surface area (Å²) in [5, 5.41) is 8.79. The zero-order chi connectivity index (χ0) is 16.8. The van der Waals surface area contributed by atoms with Crippen LogP contribution >= 0.6 is 0 Å². The van der Waals surface area contributed by atoms with Crippen molar-refractivity contribution in [2.24, 2.45) is 0 Å². The van der Waals surface area contributed by atoms with Gasteiger partial charge in [-0.1, -0.05) is 84.5 Å². The molecule has 1 N–H and O–H groups in total. The quantitative estimate of drug-likeness (QED) is 0.272. The third-order valence-corrected chi connectivity index (χ3v) is 5.52. The van der Waals surface area contributed by atoms with E-state index in [1.165, 1.54) is 44.9 Å². The standard InChI is InChI=1S/C17H36O4S.Na/c1-3-5-6-7-8-9-10-11-12-13-15-16(18)17(14-4-2)22(19,20)21;/h16-18H,3-15H2,1-2H3,(H,19,20,21);/q;+1/p-1. The van der Waals surface area contributed by atoms with Gasteiger partial charge in [-0.3, -0.25) is 0 Å². The molecule has 0 aliphatic rings. The molecule has 2 atom stereocenters. The van der Waals surface area contributed by atoms with Crippen LogP contribution in [0.1, 0.15) is 97.3 Å². The van der Waals surface area contributed by atoms with Crippen LogP contribution in [0.3, 0.4) is 0 Å². The molecule has 0 bridgehead atoms. The van der Waals surface area contributed by atoms with E-state index < -0.39 is 21.5 Å². The van der Waals surface area contributed by atoms with Crippen molar-refractivity contribution < 1.29 is 47.6 Å². The zero-order valence-corrected chi connectivity index (χ0v) is 18.2. The van der Waals surface area contributed by atoms with Crippen LogP contribution in [-0.2, 0) is 10.1 Å². The van der Waals surface area contributed by atoms with Gasteiger partial charge in [-0.25, -0.2) is 8.42 Å². The maximum absolute atomic E-state index is 11.1. The van der Waals surface area contributed by atoms with Crippen molar-refractivity contribution in [1.29, 1.82) is 0 Å². The van der Waals surface area contributed by atoms with Crippen LogP contribution in [0.4, 0.5) is 0 Å². The summed E-state index contributed by atoms with van der Waals surface area (Å²) < 4.78 is 33.4. The third-order valence-electron chi connectivity index (χ3n) is 4.23. The molecule has 4 nitrogen and oxygen atoms in total.